The summed E-state index contributed by atoms with van der Waals surface area (Å²) in [4.78, 5) is 26.9. The molecule has 110 valence electrons. The quantitative estimate of drug-likeness (QED) is 0.550. The Balaban J connectivity index is 2.09. The number of nitro benzene ring substituents is 1. The summed E-state index contributed by atoms with van der Waals surface area (Å²) < 4.78 is 1.40. The van der Waals surface area contributed by atoms with Crippen LogP contribution in [0, 0.1) is 10.1 Å². The topological polar surface area (TPSA) is 78.0 Å². The number of benzene rings is 2. The minimum absolute atomic E-state index is 0.132. The van der Waals surface area contributed by atoms with E-state index in [0.29, 0.717) is 17.1 Å². The van der Waals surface area contributed by atoms with Gasteiger partial charge in [0, 0.05) is 17.2 Å². The number of hydrogen-bond acceptors (Lipinski definition) is 4. The first kappa shape index (κ1) is 14.2. The molecule has 3 aromatic rings. The van der Waals surface area contributed by atoms with Crippen molar-refractivity contribution >= 4 is 28.2 Å². The SMILES string of the molecule is O=c1c2cc([N+](=O)[O-])ccc2ncn1Cc1cccc(Cl)c1. The molecular formula is C15H10ClN3O3. The molecule has 6 nitrogen and oxygen atoms in total. The van der Waals surface area contributed by atoms with Gasteiger partial charge in [-0.3, -0.25) is 19.5 Å². The molecule has 22 heavy (non-hydrogen) atoms. The second kappa shape index (κ2) is 5.57. The van der Waals surface area contributed by atoms with Crippen molar-refractivity contribution in [2.24, 2.45) is 0 Å². The highest BCUT2D eigenvalue weighted by Crippen LogP contribution is 2.17. The van der Waals surface area contributed by atoms with E-state index < -0.39 is 4.92 Å². The largest absolute Gasteiger partial charge is 0.294 e. The maximum atomic E-state index is 12.5. The Kier molecular flexibility index (Phi) is 3.60. The summed E-state index contributed by atoms with van der Waals surface area (Å²) in [5.41, 5.74) is 0.819. The number of non-ortho nitro benzene ring substituents is 1. The van der Waals surface area contributed by atoms with Crippen LogP contribution in [0.2, 0.25) is 5.02 Å². The highest BCUT2D eigenvalue weighted by atomic mass is 35.5. The Morgan fingerprint density at radius 2 is 2.05 bits per heavy atom. The van der Waals surface area contributed by atoms with E-state index in [1.54, 1.807) is 18.2 Å². The summed E-state index contributed by atoms with van der Waals surface area (Å²) in [6.07, 6.45) is 1.43. The van der Waals surface area contributed by atoms with Crippen molar-refractivity contribution in [3.05, 3.63) is 79.8 Å². The Morgan fingerprint density at radius 1 is 1.23 bits per heavy atom. The molecule has 1 heterocycles. The summed E-state index contributed by atoms with van der Waals surface area (Å²) in [6, 6.07) is 11.2. The average Bonchev–Trinajstić information content (AvgIpc) is 2.50. The van der Waals surface area contributed by atoms with Gasteiger partial charge in [0.05, 0.1) is 28.7 Å². The van der Waals surface area contributed by atoms with Crippen LogP contribution in [0.25, 0.3) is 10.9 Å². The van der Waals surface area contributed by atoms with Gasteiger partial charge in [-0.25, -0.2) is 4.98 Å². The number of fused-ring (bicyclic) bond motifs is 1. The molecule has 0 amide bonds. The highest BCUT2D eigenvalue weighted by Gasteiger charge is 2.11. The van der Waals surface area contributed by atoms with Crippen molar-refractivity contribution in [2.75, 3.05) is 0 Å². The molecule has 0 saturated heterocycles. The third kappa shape index (κ3) is 2.68. The molecule has 0 spiro atoms. The van der Waals surface area contributed by atoms with E-state index in [1.165, 1.54) is 29.1 Å². The molecule has 0 fully saturated rings. The molecule has 0 aliphatic rings. The standard InChI is InChI=1S/C15H10ClN3O3/c16-11-3-1-2-10(6-11)8-18-9-17-14-5-4-12(19(21)22)7-13(14)15(18)20/h1-7,9H,8H2. The van der Waals surface area contributed by atoms with Crippen LogP contribution in [0.3, 0.4) is 0 Å². The van der Waals surface area contributed by atoms with E-state index in [0.717, 1.165) is 5.56 Å². The molecule has 0 aliphatic carbocycles. The zero-order chi connectivity index (χ0) is 15.7. The number of nitrogens with zero attached hydrogens (tertiary/aromatic N) is 3. The summed E-state index contributed by atoms with van der Waals surface area (Å²) in [5, 5.41) is 11.6. The third-order valence-electron chi connectivity index (χ3n) is 3.26. The van der Waals surface area contributed by atoms with E-state index >= 15 is 0 Å². The van der Waals surface area contributed by atoms with Crippen LogP contribution in [0.15, 0.2) is 53.6 Å². The Hall–Kier alpha value is -2.73. The molecule has 0 saturated carbocycles. The molecular weight excluding hydrogens is 306 g/mol. The fourth-order valence-electron chi connectivity index (χ4n) is 2.21. The lowest BCUT2D eigenvalue weighted by molar-refractivity contribution is -0.384. The molecule has 0 unspecified atom stereocenters. The zero-order valence-corrected chi connectivity index (χ0v) is 12.0. The highest BCUT2D eigenvalue weighted by molar-refractivity contribution is 6.30. The van der Waals surface area contributed by atoms with Gasteiger partial charge in [0.2, 0.25) is 0 Å². The van der Waals surface area contributed by atoms with Gasteiger partial charge in [-0.15, -0.1) is 0 Å². The smallest absolute Gasteiger partial charge is 0.270 e. The number of aromatic nitrogens is 2. The predicted molar refractivity (Wildman–Crippen MR) is 83.2 cm³/mol. The van der Waals surface area contributed by atoms with Gasteiger partial charge in [0.25, 0.3) is 11.2 Å². The summed E-state index contributed by atoms with van der Waals surface area (Å²) in [5.74, 6) is 0. The van der Waals surface area contributed by atoms with Crippen molar-refractivity contribution in [3.63, 3.8) is 0 Å². The minimum Gasteiger partial charge on any atom is -0.294 e. The second-order valence-corrected chi connectivity index (χ2v) is 5.20. The van der Waals surface area contributed by atoms with E-state index in [4.69, 9.17) is 11.6 Å². The first-order valence-corrected chi connectivity index (χ1v) is 6.80. The molecule has 0 N–H and O–H groups in total. The number of nitro groups is 1. The van der Waals surface area contributed by atoms with Crippen LogP contribution < -0.4 is 5.56 Å². The molecule has 0 aliphatic heterocycles. The van der Waals surface area contributed by atoms with Gasteiger partial charge >= 0.3 is 0 Å². The number of halogens is 1. The summed E-state index contributed by atoms with van der Waals surface area (Å²) >= 11 is 5.92. The molecule has 0 atom stereocenters. The molecule has 2 aromatic carbocycles. The Labute approximate surface area is 129 Å². The Morgan fingerprint density at radius 3 is 2.77 bits per heavy atom. The fraction of sp³-hybridized carbons (Fsp3) is 0.0667. The van der Waals surface area contributed by atoms with Gasteiger partial charge in [-0.05, 0) is 23.8 Å². The lowest BCUT2D eigenvalue weighted by Crippen LogP contribution is -2.21. The monoisotopic (exact) mass is 315 g/mol. The van der Waals surface area contributed by atoms with Crippen molar-refractivity contribution in [2.45, 2.75) is 6.54 Å². The van der Waals surface area contributed by atoms with E-state index in [2.05, 4.69) is 4.98 Å². The van der Waals surface area contributed by atoms with Gasteiger partial charge in [-0.1, -0.05) is 23.7 Å². The van der Waals surface area contributed by atoms with Crippen molar-refractivity contribution < 1.29 is 4.92 Å². The lowest BCUT2D eigenvalue weighted by atomic mass is 10.2. The minimum atomic E-state index is -0.535. The van der Waals surface area contributed by atoms with E-state index in [1.807, 2.05) is 6.07 Å². The van der Waals surface area contributed by atoms with Gasteiger partial charge in [0.1, 0.15) is 0 Å². The van der Waals surface area contributed by atoms with E-state index in [-0.39, 0.29) is 16.6 Å². The van der Waals surface area contributed by atoms with E-state index in [9.17, 15) is 14.9 Å². The number of rotatable bonds is 3. The average molecular weight is 316 g/mol. The van der Waals surface area contributed by atoms with Crippen LogP contribution in [0.4, 0.5) is 5.69 Å². The summed E-state index contributed by atoms with van der Waals surface area (Å²) in [7, 11) is 0. The normalized spacial score (nSPS) is 10.8. The molecule has 0 bridgehead atoms. The van der Waals surface area contributed by atoms with Gasteiger partial charge in [-0.2, -0.15) is 0 Å². The predicted octanol–water partition coefficient (Wildman–Crippen LogP) is 3.01. The molecule has 0 radical (unpaired) electrons. The maximum Gasteiger partial charge on any atom is 0.270 e. The molecule has 3 rings (SSSR count). The first-order valence-electron chi connectivity index (χ1n) is 6.42. The lowest BCUT2D eigenvalue weighted by Gasteiger charge is -2.07. The van der Waals surface area contributed by atoms with Crippen molar-refractivity contribution in [1.29, 1.82) is 0 Å². The second-order valence-electron chi connectivity index (χ2n) is 4.77. The first-order chi connectivity index (χ1) is 10.5. The van der Waals surface area contributed by atoms with Crippen LogP contribution in [-0.2, 0) is 6.54 Å². The number of hydrogen-bond donors (Lipinski definition) is 0. The fourth-order valence-corrected chi connectivity index (χ4v) is 2.42. The van der Waals surface area contributed by atoms with Crippen LogP contribution >= 0.6 is 11.6 Å². The Bertz CT molecular complexity index is 937. The van der Waals surface area contributed by atoms with Crippen LogP contribution in [0.5, 0.6) is 0 Å². The third-order valence-corrected chi connectivity index (χ3v) is 3.50. The van der Waals surface area contributed by atoms with Crippen molar-refractivity contribution in [3.8, 4) is 0 Å². The van der Waals surface area contributed by atoms with Crippen LogP contribution in [-0.4, -0.2) is 14.5 Å². The van der Waals surface area contributed by atoms with Crippen molar-refractivity contribution in [1.82, 2.24) is 9.55 Å². The zero-order valence-electron chi connectivity index (χ0n) is 11.3. The maximum absolute atomic E-state index is 12.5. The molecule has 1 aromatic heterocycles. The van der Waals surface area contributed by atoms with Gasteiger partial charge in [0.15, 0.2) is 0 Å². The summed E-state index contributed by atoms with van der Waals surface area (Å²) in [6.45, 7) is 0.297. The van der Waals surface area contributed by atoms with Gasteiger partial charge < -0.3 is 0 Å². The van der Waals surface area contributed by atoms with Crippen LogP contribution in [0.1, 0.15) is 5.56 Å². The molecule has 7 heteroatoms.